The van der Waals surface area contributed by atoms with Gasteiger partial charge in [-0.2, -0.15) is 11.3 Å². The lowest BCUT2D eigenvalue weighted by atomic mass is 10.0. The monoisotopic (exact) mass is 266 g/mol. The number of piperidine rings is 1. The highest BCUT2D eigenvalue weighted by atomic mass is 32.1. The summed E-state index contributed by atoms with van der Waals surface area (Å²) in [7, 11) is 0. The van der Waals surface area contributed by atoms with Crippen molar-refractivity contribution in [1.29, 1.82) is 0 Å². The molecule has 4 heteroatoms. The Labute approximate surface area is 113 Å². The Balaban J connectivity index is 1.79. The quantitative estimate of drug-likeness (QED) is 0.895. The number of carbonyl (C=O) groups excluding carboxylic acids is 1. The summed E-state index contributed by atoms with van der Waals surface area (Å²) in [6.07, 6.45) is 3.29. The average molecular weight is 266 g/mol. The summed E-state index contributed by atoms with van der Waals surface area (Å²) in [6.45, 7) is 6.09. The van der Waals surface area contributed by atoms with E-state index in [1.807, 2.05) is 4.90 Å². The van der Waals surface area contributed by atoms with Crippen LogP contribution < -0.4 is 5.32 Å². The van der Waals surface area contributed by atoms with Crippen LogP contribution in [0, 0.1) is 5.92 Å². The summed E-state index contributed by atoms with van der Waals surface area (Å²) in [4.78, 5) is 14.1. The molecule has 0 spiro atoms. The number of likely N-dealkylation sites (tertiary alicyclic amines) is 1. The van der Waals surface area contributed by atoms with Crippen molar-refractivity contribution >= 4 is 17.4 Å². The van der Waals surface area contributed by atoms with Gasteiger partial charge in [-0.05, 0) is 54.5 Å². The maximum Gasteiger partial charge on any atom is 0.317 e. The fraction of sp³-hybridized carbons (Fsp3) is 0.643. The van der Waals surface area contributed by atoms with Gasteiger partial charge in [0.05, 0.1) is 0 Å². The molecule has 1 aliphatic rings. The Morgan fingerprint density at radius 1 is 1.67 bits per heavy atom. The number of hydrogen-bond donors (Lipinski definition) is 1. The van der Waals surface area contributed by atoms with E-state index in [1.54, 1.807) is 11.3 Å². The first-order valence-corrected chi connectivity index (χ1v) is 7.66. The van der Waals surface area contributed by atoms with Gasteiger partial charge in [0.1, 0.15) is 0 Å². The molecule has 18 heavy (non-hydrogen) atoms. The minimum Gasteiger partial charge on any atom is -0.335 e. The van der Waals surface area contributed by atoms with Crippen molar-refractivity contribution in [2.45, 2.75) is 39.2 Å². The molecule has 1 fully saturated rings. The molecule has 0 saturated carbocycles. The molecule has 100 valence electrons. The van der Waals surface area contributed by atoms with Gasteiger partial charge < -0.3 is 10.2 Å². The largest absolute Gasteiger partial charge is 0.335 e. The zero-order chi connectivity index (χ0) is 13.0. The predicted octanol–water partition coefficient (Wildman–Crippen LogP) is 3.12. The van der Waals surface area contributed by atoms with Crippen LogP contribution in [-0.2, 0) is 6.42 Å². The van der Waals surface area contributed by atoms with Crippen LogP contribution in [0.3, 0.4) is 0 Å². The zero-order valence-corrected chi connectivity index (χ0v) is 12.0. The average Bonchev–Trinajstić information content (AvgIpc) is 2.81. The number of amides is 2. The highest BCUT2D eigenvalue weighted by molar-refractivity contribution is 7.07. The number of hydrogen-bond acceptors (Lipinski definition) is 2. The fourth-order valence-corrected chi connectivity index (χ4v) is 3.17. The van der Waals surface area contributed by atoms with Crippen molar-refractivity contribution < 1.29 is 4.79 Å². The molecule has 0 aromatic carbocycles. The van der Waals surface area contributed by atoms with Crippen molar-refractivity contribution in [3.05, 3.63) is 22.4 Å². The number of thiophene rings is 1. The van der Waals surface area contributed by atoms with E-state index < -0.39 is 0 Å². The van der Waals surface area contributed by atoms with Crippen LogP contribution in [0.2, 0.25) is 0 Å². The van der Waals surface area contributed by atoms with Crippen molar-refractivity contribution in [2.24, 2.45) is 5.92 Å². The highest BCUT2D eigenvalue weighted by Crippen LogP contribution is 2.15. The van der Waals surface area contributed by atoms with Crippen LogP contribution in [-0.4, -0.2) is 30.1 Å². The van der Waals surface area contributed by atoms with E-state index in [2.05, 4.69) is 36.0 Å². The standard InChI is InChI=1S/C14H22N2OS/c1-11-4-3-6-16(9-11)14(17)15-12(2)8-13-5-7-18-10-13/h5,7,10-12H,3-4,6,8-9H2,1-2H3,(H,15,17). The molecule has 2 unspecified atom stereocenters. The van der Waals surface area contributed by atoms with Crippen LogP contribution in [0.4, 0.5) is 4.79 Å². The maximum atomic E-state index is 12.1. The molecule has 2 atom stereocenters. The summed E-state index contributed by atoms with van der Waals surface area (Å²) in [6, 6.07) is 2.42. The lowest BCUT2D eigenvalue weighted by Gasteiger charge is -2.32. The second kappa shape index (κ2) is 6.23. The molecule has 2 amide bonds. The van der Waals surface area contributed by atoms with E-state index in [1.165, 1.54) is 12.0 Å². The summed E-state index contributed by atoms with van der Waals surface area (Å²) >= 11 is 1.71. The third-order valence-corrected chi connectivity index (χ3v) is 4.17. The third-order valence-electron chi connectivity index (χ3n) is 3.44. The fourth-order valence-electron chi connectivity index (χ4n) is 2.49. The Hall–Kier alpha value is -1.03. The number of nitrogens with zero attached hydrogens (tertiary/aromatic N) is 1. The van der Waals surface area contributed by atoms with Crippen molar-refractivity contribution in [1.82, 2.24) is 10.2 Å². The van der Waals surface area contributed by atoms with Crippen molar-refractivity contribution in [2.75, 3.05) is 13.1 Å². The molecule has 1 aromatic heterocycles. The van der Waals surface area contributed by atoms with Crippen LogP contribution in [0.5, 0.6) is 0 Å². The molecule has 2 rings (SSSR count). The van der Waals surface area contributed by atoms with E-state index >= 15 is 0 Å². The molecular formula is C14H22N2OS. The third kappa shape index (κ3) is 3.73. The first-order chi connectivity index (χ1) is 8.65. The Kier molecular flexibility index (Phi) is 4.64. The molecule has 1 aromatic rings. The molecule has 0 aliphatic carbocycles. The number of rotatable bonds is 3. The molecule has 1 saturated heterocycles. The summed E-state index contributed by atoms with van der Waals surface area (Å²) < 4.78 is 0. The topological polar surface area (TPSA) is 32.3 Å². The molecule has 1 aliphatic heterocycles. The zero-order valence-electron chi connectivity index (χ0n) is 11.2. The van der Waals surface area contributed by atoms with Crippen molar-refractivity contribution in [3.63, 3.8) is 0 Å². The van der Waals surface area contributed by atoms with Crippen molar-refractivity contribution in [3.8, 4) is 0 Å². The molecule has 0 radical (unpaired) electrons. The van der Waals surface area contributed by atoms with Gasteiger partial charge in [0.25, 0.3) is 0 Å². The predicted molar refractivity (Wildman–Crippen MR) is 76.0 cm³/mol. The lowest BCUT2D eigenvalue weighted by Crippen LogP contribution is -2.48. The number of nitrogens with one attached hydrogen (secondary N) is 1. The molecule has 2 heterocycles. The first-order valence-electron chi connectivity index (χ1n) is 6.71. The van der Waals surface area contributed by atoms with E-state index in [9.17, 15) is 4.79 Å². The van der Waals surface area contributed by atoms with E-state index in [0.717, 1.165) is 25.9 Å². The minimum absolute atomic E-state index is 0.101. The Morgan fingerprint density at radius 2 is 2.50 bits per heavy atom. The number of carbonyl (C=O) groups is 1. The summed E-state index contributed by atoms with van der Waals surface area (Å²) in [5.41, 5.74) is 1.31. The van der Waals surface area contributed by atoms with Gasteiger partial charge in [0.2, 0.25) is 0 Å². The normalized spacial score (nSPS) is 21.7. The van der Waals surface area contributed by atoms with Gasteiger partial charge in [-0.25, -0.2) is 4.79 Å². The lowest BCUT2D eigenvalue weighted by molar-refractivity contribution is 0.167. The smallest absolute Gasteiger partial charge is 0.317 e. The highest BCUT2D eigenvalue weighted by Gasteiger charge is 2.21. The van der Waals surface area contributed by atoms with Crippen LogP contribution in [0.15, 0.2) is 16.8 Å². The second-order valence-electron chi connectivity index (χ2n) is 5.38. The summed E-state index contributed by atoms with van der Waals surface area (Å²) in [5.74, 6) is 0.636. The summed E-state index contributed by atoms with van der Waals surface area (Å²) in [5, 5.41) is 7.32. The van der Waals surface area contributed by atoms with Gasteiger partial charge in [0.15, 0.2) is 0 Å². The SMILES string of the molecule is CC1CCCN(C(=O)NC(C)Cc2ccsc2)C1. The minimum atomic E-state index is 0.101. The molecule has 1 N–H and O–H groups in total. The van der Waals surface area contributed by atoms with Crippen LogP contribution in [0.25, 0.3) is 0 Å². The van der Waals surface area contributed by atoms with E-state index in [4.69, 9.17) is 0 Å². The van der Waals surface area contributed by atoms with Crippen LogP contribution >= 0.6 is 11.3 Å². The van der Waals surface area contributed by atoms with Crippen LogP contribution in [0.1, 0.15) is 32.3 Å². The maximum absolute atomic E-state index is 12.1. The molecular weight excluding hydrogens is 244 g/mol. The van der Waals surface area contributed by atoms with Gasteiger partial charge in [-0.3, -0.25) is 0 Å². The van der Waals surface area contributed by atoms with E-state index in [0.29, 0.717) is 5.92 Å². The Bertz CT molecular complexity index is 377. The number of urea groups is 1. The first kappa shape index (κ1) is 13.4. The molecule has 0 bridgehead atoms. The van der Waals surface area contributed by atoms with E-state index in [-0.39, 0.29) is 12.1 Å². The Morgan fingerprint density at radius 3 is 3.17 bits per heavy atom. The van der Waals surface area contributed by atoms with Gasteiger partial charge >= 0.3 is 6.03 Å². The van der Waals surface area contributed by atoms with Gasteiger partial charge in [0, 0.05) is 19.1 Å². The second-order valence-corrected chi connectivity index (χ2v) is 6.16. The van der Waals surface area contributed by atoms with Gasteiger partial charge in [-0.15, -0.1) is 0 Å². The van der Waals surface area contributed by atoms with Gasteiger partial charge in [-0.1, -0.05) is 6.92 Å². The molecule has 3 nitrogen and oxygen atoms in total.